The van der Waals surface area contributed by atoms with Crippen molar-refractivity contribution in [2.45, 2.75) is 19.3 Å². The van der Waals surface area contributed by atoms with Gasteiger partial charge in [-0.05, 0) is 43.3 Å². The number of nitrogens with two attached hydrogens (primary N) is 1. The van der Waals surface area contributed by atoms with Crippen LogP contribution in [0.3, 0.4) is 0 Å². The predicted octanol–water partition coefficient (Wildman–Crippen LogP) is 2.10. The molecule has 102 valence electrons. The SMILES string of the molecule is NCCCCc1cn(-c2cccc3ccncc23)nn1. The lowest BCUT2D eigenvalue weighted by Gasteiger charge is -2.04. The van der Waals surface area contributed by atoms with E-state index < -0.39 is 0 Å². The Labute approximate surface area is 117 Å². The van der Waals surface area contributed by atoms with Gasteiger partial charge >= 0.3 is 0 Å². The molecule has 5 heteroatoms. The lowest BCUT2D eigenvalue weighted by Crippen LogP contribution is -1.99. The molecule has 0 spiro atoms. The number of pyridine rings is 1. The predicted molar refractivity (Wildman–Crippen MR) is 78.7 cm³/mol. The van der Waals surface area contributed by atoms with Gasteiger partial charge in [0.15, 0.2) is 0 Å². The van der Waals surface area contributed by atoms with Gasteiger partial charge in [0.1, 0.15) is 0 Å². The quantitative estimate of drug-likeness (QED) is 0.719. The average Bonchev–Trinajstić information content (AvgIpc) is 2.96. The zero-order valence-electron chi connectivity index (χ0n) is 11.2. The summed E-state index contributed by atoms with van der Waals surface area (Å²) in [6.07, 6.45) is 8.63. The number of aromatic nitrogens is 4. The van der Waals surface area contributed by atoms with Gasteiger partial charge in [-0.25, -0.2) is 4.68 Å². The Morgan fingerprint density at radius 3 is 3.00 bits per heavy atom. The number of nitrogens with zero attached hydrogens (tertiary/aromatic N) is 4. The second-order valence-electron chi connectivity index (χ2n) is 4.77. The maximum absolute atomic E-state index is 5.50. The summed E-state index contributed by atoms with van der Waals surface area (Å²) >= 11 is 0. The number of aryl methyl sites for hydroxylation is 1. The van der Waals surface area contributed by atoms with E-state index in [2.05, 4.69) is 21.4 Å². The maximum atomic E-state index is 5.50. The Morgan fingerprint density at radius 1 is 1.15 bits per heavy atom. The lowest BCUT2D eigenvalue weighted by atomic mass is 10.1. The van der Waals surface area contributed by atoms with Crippen molar-refractivity contribution >= 4 is 10.8 Å². The van der Waals surface area contributed by atoms with Gasteiger partial charge < -0.3 is 5.73 Å². The van der Waals surface area contributed by atoms with E-state index in [0.717, 1.165) is 48.0 Å². The third-order valence-electron chi connectivity index (χ3n) is 3.34. The largest absolute Gasteiger partial charge is 0.330 e. The molecule has 0 atom stereocenters. The van der Waals surface area contributed by atoms with Crippen molar-refractivity contribution in [3.8, 4) is 5.69 Å². The molecule has 5 nitrogen and oxygen atoms in total. The Bertz CT molecular complexity index is 699. The van der Waals surface area contributed by atoms with E-state index in [9.17, 15) is 0 Å². The van der Waals surface area contributed by atoms with E-state index in [1.807, 2.05) is 35.3 Å². The number of rotatable bonds is 5. The van der Waals surface area contributed by atoms with Crippen molar-refractivity contribution < 1.29 is 0 Å². The molecule has 0 aliphatic heterocycles. The Kier molecular flexibility index (Phi) is 3.69. The number of fused-ring (bicyclic) bond motifs is 1. The number of unbranched alkanes of at least 4 members (excludes halogenated alkanes) is 1. The zero-order valence-corrected chi connectivity index (χ0v) is 11.2. The van der Waals surface area contributed by atoms with Gasteiger partial charge in [0.05, 0.1) is 17.6 Å². The first-order chi connectivity index (χ1) is 9.88. The van der Waals surface area contributed by atoms with Gasteiger partial charge in [-0.1, -0.05) is 17.3 Å². The normalized spacial score (nSPS) is 11.1. The second kappa shape index (κ2) is 5.79. The van der Waals surface area contributed by atoms with E-state index in [0.29, 0.717) is 0 Å². The molecule has 0 aliphatic carbocycles. The highest BCUT2D eigenvalue weighted by atomic mass is 15.4. The zero-order chi connectivity index (χ0) is 13.8. The summed E-state index contributed by atoms with van der Waals surface area (Å²) in [4.78, 5) is 4.19. The van der Waals surface area contributed by atoms with Crippen LogP contribution in [0.4, 0.5) is 0 Å². The average molecular weight is 267 g/mol. The number of hydrogen-bond donors (Lipinski definition) is 1. The summed E-state index contributed by atoms with van der Waals surface area (Å²) in [5, 5.41) is 10.7. The van der Waals surface area contributed by atoms with Crippen LogP contribution in [0.5, 0.6) is 0 Å². The monoisotopic (exact) mass is 267 g/mol. The highest BCUT2D eigenvalue weighted by molar-refractivity contribution is 5.89. The number of hydrogen-bond acceptors (Lipinski definition) is 4. The fourth-order valence-electron chi connectivity index (χ4n) is 2.28. The summed E-state index contributed by atoms with van der Waals surface area (Å²) in [5.74, 6) is 0. The van der Waals surface area contributed by atoms with Crippen LogP contribution in [0.1, 0.15) is 18.5 Å². The first kappa shape index (κ1) is 12.7. The molecule has 0 bridgehead atoms. The van der Waals surface area contributed by atoms with Crippen molar-refractivity contribution in [3.05, 3.63) is 48.5 Å². The molecule has 0 saturated carbocycles. The van der Waals surface area contributed by atoms with Gasteiger partial charge in [0.2, 0.25) is 0 Å². The summed E-state index contributed by atoms with van der Waals surface area (Å²) in [6.45, 7) is 0.725. The Hall–Kier alpha value is -2.27. The van der Waals surface area contributed by atoms with Crippen molar-refractivity contribution in [1.29, 1.82) is 0 Å². The third-order valence-corrected chi connectivity index (χ3v) is 3.34. The van der Waals surface area contributed by atoms with Gasteiger partial charge in [-0.3, -0.25) is 4.98 Å². The van der Waals surface area contributed by atoms with Crippen LogP contribution in [0.15, 0.2) is 42.9 Å². The van der Waals surface area contributed by atoms with E-state index in [4.69, 9.17) is 5.73 Å². The topological polar surface area (TPSA) is 69.6 Å². The molecule has 3 rings (SSSR count). The summed E-state index contributed by atoms with van der Waals surface area (Å²) in [5.41, 5.74) is 7.51. The minimum Gasteiger partial charge on any atom is -0.330 e. The lowest BCUT2D eigenvalue weighted by molar-refractivity contribution is 0.727. The molecule has 0 amide bonds. The Balaban J connectivity index is 1.91. The van der Waals surface area contributed by atoms with E-state index >= 15 is 0 Å². The van der Waals surface area contributed by atoms with Crippen LogP contribution >= 0.6 is 0 Å². The van der Waals surface area contributed by atoms with Crippen LogP contribution in [-0.4, -0.2) is 26.5 Å². The summed E-state index contributed by atoms with van der Waals surface area (Å²) in [6, 6.07) is 8.12. The van der Waals surface area contributed by atoms with Crippen LogP contribution in [0.2, 0.25) is 0 Å². The smallest absolute Gasteiger partial charge is 0.0831 e. The van der Waals surface area contributed by atoms with E-state index in [1.54, 1.807) is 6.20 Å². The number of benzene rings is 1. The van der Waals surface area contributed by atoms with Gasteiger partial charge in [0, 0.05) is 17.8 Å². The minimum absolute atomic E-state index is 0.725. The molecule has 3 aromatic rings. The van der Waals surface area contributed by atoms with Crippen LogP contribution in [0.25, 0.3) is 16.5 Å². The van der Waals surface area contributed by atoms with Gasteiger partial charge in [-0.2, -0.15) is 0 Å². The highest BCUT2D eigenvalue weighted by Gasteiger charge is 2.06. The van der Waals surface area contributed by atoms with Crippen molar-refractivity contribution in [3.63, 3.8) is 0 Å². The molecule has 2 aromatic heterocycles. The maximum Gasteiger partial charge on any atom is 0.0831 e. The van der Waals surface area contributed by atoms with Crippen LogP contribution in [0, 0.1) is 0 Å². The first-order valence-electron chi connectivity index (χ1n) is 6.83. The molecule has 0 radical (unpaired) electrons. The van der Waals surface area contributed by atoms with E-state index in [-0.39, 0.29) is 0 Å². The molecule has 0 unspecified atom stereocenters. The first-order valence-corrected chi connectivity index (χ1v) is 6.83. The molecule has 1 aromatic carbocycles. The molecule has 2 heterocycles. The molecule has 0 saturated heterocycles. The Morgan fingerprint density at radius 2 is 2.10 bits per heavy atom. The van der Waals surface area contributed by atoms with E-state index in [1.165, 1.54) is 0 Å². The van der Waals surface area contributed by atoms with Crippen molar-refractivity contribution in [1.82, 2.24) is 20.0 Å². The summed E-state index contributed by atoms with van der Waals surface area (Å²) in [7, 11) is 0. The fraction of sp³-hybridized carbons (Fsp3) is 0.267. The van der Waals surface area contributed by atoms with Gasteiger partial charge in [-0.15, -0.1) is 5.10 Å². The molecule has 0 fully saturated rings. The second-order valence-corrected chi connectivity index (χ2v) is 4.77. The van der Waals surface area contributed by atoms with Crippen LogP contribution in [-0.2, 0) is 6.42 Å². The summed E-state index contributed by atoms with van der Waals surface area (Å²) < 4.78 is 1.82. The highest BCUT2D eigenvalue weighted by Crippen LogP contribution is 2.20. The fourth-order valence-corrected chi connectivity index (χ4v) is 2.28. The van der Waals surface area contributed by atoms with Crippen molar-refractivity contribution in [2.75, 3.05) is 6.54 Å². The standard InChI is InChI=1S/C15H17N5/c16-8-2-1-5-13-11-20(19-18-13)15-6-3-4-12-7-9-17-10-14(12)15/h3-4,6-7,9-11H,1-2,5,8,16H2. The molecule has 20 heavy (non-hydrogen) atoms. The van der Waals surface area contributed by atoms with Crippen molar-refractivity contribution in [2.24, 2.45) is 5.73 Å². The van der Waals surface area contributed by atoms with Crippen LogP contribution < -0.4 is 5.73 Å². The third kappa shape index (κ3) is 2.53. The molecular formula is C15H17N5. The molecular weight excluding hydrogens is 250 g/mol. The molecule has 2 N–H and O–H groups in total. The minimum atomic E-state index is 0.725. The van der Waals surface area contributed by atoms with Gasteiger partial charge in [0.25, 0.3) is 0 Å². The molecule has 0 aliphatic rings.